The Morgan fingerprint density at radius 3 is 2.50 bits per heavy atom. The molecule has 5 rings (SSSR count). The summed E-state index contributed by atoms with van der Waals surface area (Å²) in [7, 11) is 0. The van der Waals surface area contributed by atoms with Gasteiger partial charge in [-0.15, -0.1) is 0 Å². The van der Waals surface area contributed by atoms with Crippen LogP contribution < -0.4 is 15.4 Å². The van der Waals surface area contributed by atoms with Crippen LogP contribution in [0.5, 0.6) is 5.75 Å². The molecular formula is C19H18Cl2N4O3. The van der Waals surface area contributed by atoms with E-state index in [0.29, 0.717) is 46.4 Å². The molecule has 0 radical (unpaired) electrons. The molecule has 1 aromatic heterocycles. The maximum atomic E-state index is 12.3. The first-order valence-electron chi connectivity index (χ1n) is 8.78. The molecule has 2 N–H and O–H groups in total. The number of hydrogen-bond donors (Lipinski definition) is 2. The molecule has 2 amide bonds. The first-order valence-corrected chi connectivity index (χ1v) is 9.54. The van der Waals surface area contributed by atoms with E-state index in [2.05, 4.69) is 20.6 Å². The highest BCUT2D eigenvalue weighted by Gasteiger charge is 2.69. The molecule has 1 aromatic carbocycles. The summed E-state index contributed by atoms with van der Waals surface area (Å²) >= 11 is 11.8. The molecule has 0 atom stereocenters. The van der Waals surface area contributed by atoms with Gasteiger partial charge in [0.1, 0.15) is 11.4 Å². The van der Waals surface area contributed by atoms with Crippen molar-refractivity contribution < 1.29 is 14.3 Å². The number of benzene rings is 1. The van der Waals surface area contributed by atoms with Crippen molar-refractivity contribution in [3.63, 3.8) is 0 Å². The van der Waals surface area contributed by atoms with Crippen LogP contribution >= 0.6 is 23.2 Å². The van der Waals surface area contributed by atoms with Crippen molar-refractivity contribution in [1.82, 2.24) is 20.6 Å². The Labute approximate surface area is 171 Å². The van der Waals surface area contributed by atoms with Gasteiger partial charge >= 0.3 is 0 Å². The normalized spacial score (nSPS) is 24.5. The van der Waals surface area contributed by atoms with E-state index < -0.39 is 0 Å². The number of aryl methyl sites for hydroxylation is 1. The van der Waals surface area contributed by atoms with Gasteiger partial charge in [0.25, 0.3) is 11.8 Å². The predicted octanol–water partition coefficient (Wildman–Crippen LogP) is 2.69. The van der Waals surface area contributed by atoms with Gasteiger partial charge in [-0.1, -0.05) is 23.2 Å². The van der Waals surface area contributed by atoms with Crippen LogP contribution in [0.3, 0.4) is 0 Å². The lowest BCUT2D eigenvalue weighted by Crippen LogP contribution is -2.84. The van der Waals surface area contributed by atoms with Gasteiger partial charge in [-0.3, -0.25) is 14.6 Å². The van der Waals surface area contributed by atoms with Crippen molar-refractivity contribution in [2.24, 2.45) is 0 Å². The van der Waals surface area contributed by atoms with Crippen molar-refractivity contribution in [2.75, 3.05) is 6.61 Å². The van der Waals surface area contributed by atoms with Gasteiger partial charge in [0.2, 0.25) is 0 Å². The highest BCUT2D eigenvalue weighted by Crippen LogP contribution is 2.60. The summed E-state index contributed by atoms with van der Waals surface area (Å²) in [5.74, 6) is 0.0270. The van der Waals surface area contributed by atoms with E-state index in [-0.39, 0.29) is 29.5 Å². The molecule has 0 aliphatic heterocycles. The predicted molar refractivity (Wildman–Crippen MR) is 104 cm³/mol. The highest BCUT2D eigenvalue weighted by atomic mass is 35.5. The molecule has 146 valence electrons. The molecule has 2 aromatic rings. The second-order valence-corrected chi connectivity index (χ2v) is 8.32. The van der Waals surface area contributed by atoms with E-state index in [1.54, 1.807) is 31.3 Å². The topological polar surface area (TPSA) is 93.2 Å². The van der Waals surface area contributed by atoms with Crippen LogP contribution in [-0.2, 0) is 4.79 Å². The first-order chi connectivity index (χ1) is 13.3. The van der Waals surface area contributed by atoms with Crippen molar-refractivity contribution in [3.05, 3.63) is 52.0 Å². The number of amides is 2. The smallest absolute Gasteiger partial charge is 0.271 e. The Morgan fingerprint density at radius 1 is 1.11 bits per heavy atom. The van der Waals surface area contributed by atoms with Gasteiger partial charge in [0.05, 0.1) is 21.9 Å². The summed E-state index contributed by atoms with van der Waals surface area (Å²) in [6.45, 7) is 1.67. The van der Waals surface area contributed by atoms with Gasteiger partial charge in [0, 0.05) is 23.3 Å². The summed E-state index contributed by atoms with van der Waals surface area (Å²) in [5.41, 5.74) is 0.470. The minimum Gasteiger partial charge on any atom is -0.484 e. The summed E-state index contributed by atoms with van der Waals surface area (Å²) in [4.78, 5) is 32.7. The number of carbonyl (C=O) groups excluding carboxylic acids is 2. The third-order valence-electron chi connectivity index (χ3n) is 5.06. The third-order valence-corrected chi connectivity index (χ3v) is 5.80. The number of aromatic nitrogens is 2. The zero-order valence-electron chi connectivity index (χ0n) is 15.1. The van der Waals surface area contributed by atoms with E-state index >= 15 is 0 Å². The molecule has 0 saturated heterocycles. The average molecular weight is 421 g/mol. The Hall–Kier alpha value is -2.38. The van der Waals surface area contributed by atoms with E-state index in [4.69, 9.17) is 27.9 Å². The highest BCUT2D eigenvalue weighted by molar-refractivity contribution is 6.42. The SMILES string of the molecule is Cc1cncc(C(=O)NC23CC(NC(=O)COc4ccc(Cl)c(Cl)c4)(C2)C3)n1. The maximum Gasteiger partial charge on any atom is 0.271 e. The van der Waals surface area contributed by atoms with Crippen LogP contribution in [-0.4, -0.2) is 39.5 Å². The van der Waals surface area contributed by atoms with Gasteiger partial charge in [-0.05, 0) is 38.3 Å². The standard InChI is InChI=1S/C19H18Cl2N4O3/c1-11-5-22-6-15(23-11)17(27)25-19-8-18(9-19,10-19)24-16(26)7-28-12-2-3-13(20)14(21)4-12/h2-6H,7-10H2,1H3,(H,24,26)(H,25,27). The van der Waals surface area contributed by atoms with Gasteiger partial charge in [-0.25, -0.2) is 4.98 Å². The summed E-state index contributed by atoms with van der Waals surface area (Å²) in [5, 5.41) is 6.82. The molecular weight excluding hydrogens is 403 g/mol. The second-order valence-electron chi connectivity index (χ2n) is 7.50. The summed E-state index contributed by atoms with van der Waals surface area (Å²) in [6, 6.07) is 4.83. The number of ether oxygens (including phenoxy) is 1. The summed E-state index contributed by atoms with van der Waals surface area (Å²) in [6.07, 6.45) is 5.14. The molecule has 3 aliphatic carbocycles. The Morgan fingerprint density at radius 2 is 1.82 bits per heavy atom. The van der Waals surface area contributed by atoms with Crippen LogP contribution in [0.25, 0.3) is 0 Å². The molecule has 2 bridgehead atoms. The Bertz CT molecular complexity index is 946. The molecule has 0 spiro atoms. The van der Waals surface area contributed by atoms with E-state index in [9.17, 15) is 9.59 Å². The molecule has 3 aliphatic rings. The lowest BCUT2D eigenvalue weighted by atomic mass is 9.44. The molecule has 28 heavy (non-hydrogen) atoms. The summed E-state index contributed by atoms with van der Waals surface area (Å²) < 4.78 is 5.45. The Kier molecular flexibility index (Phi) is 4.67. The Balaban J connectivity index is 1.24. The molecule has 0 unspecified atom stereocenters. The first kappa shape index (κ1) is 19.0. The third kappa shape index (κ3) is 3.64. The van der Waals surface area contributed by atoms with Crippen molar-refractivity contribution >= 4 is 35.0 Å². The van der Waals surface area contributed by atoms with Crippen LogP contribution in [0.15, 0.2) is 30.6 Å². The zero-order valence-corrected chi connectivity index (χ0v) is 16.6. The fraction of sp³-hybridized carbons (Fsp3) is 0.368. The van der Waals surface area contributed by atoms with E-state index in [1.807, 2.05) is 0 Å². The van der Waals surface area contributed by atoms with Crippen molar-refractivity contribution in [2.45, 2.75) is 37.3 Å². The zero-order chi connectivity index (χ0) is 19.9. The van der Waals surface area contributed by atoms with Gasteiger partial charge < -0.3 is 15.4 Å². The minimum absolute atomic E-state index is 0.113. The van der Waals surface area contributed by atoms with Gasteiger partial charge in [0.15, 0.2) is 6.61 Å². The maximum absolute atomic E-state index is 12.3. The van der Waals surface area contributed by atoms with E-state index in [1.165, 1.54) is 6.20 Å². The molecule has 9 heteroatoms. The fourth-order valence-electron chi connectivity index (χ4n) is 3.98. The number of nitrogens with one attached hydrogen (secondary N) is 2. The van der Waals surface area contributed by atoms with Crippen LogP contribution in [0.2, 0.25) is 10.0 Å². The number of rotatable bonds is 6. The average Bonchev–Trinajstić information content (AvgIpc) is 2.59. The molecule has 1 heterocycles. The van der Waals surface area contributed by atoms with Crippen molar-refractivity contribution in [3.8, 4) is 5.75 Å². The largest absolute Gasteiger partial charge is 0.484 e. The second kappa shape index (κ2) is 6.90. The van der Waals surface area contributed by atoms with Gasteiger partial charge in [-0.2, -0.15) is 0 Å². The van der Waals surface area contributed by atoms with Crippen LogP contribution in [0, 0.1) is 6.92 Å². The number of hydrogen-bond acceptors (Lipinski definition) is 5. The van der Waals surface area contributed by atoms with E-state index in [0.717, 1.165) is 0 Å². The van der Waals surface area contributed by atoms with Crippen molar-refractivity contribution in [1.29, 1.82) is 0 Å². The van der Waals surface area contributed by atoms with Crippen LogP contribution in [0.4, 0.5) is 0 Å². The molecule has 3 saturated carbocycles. The number of carbonyl (C=O) groups is 2. The fourth-order valence-corrected chi connectivity index (χ4v) is 4.27. The lowest BCUT2D eigenvalue weighted by molar-refractivity contribution is -0.141. The lowest BCUT2D eigenvalue weighted by Gasteiger charge is -2.70. The minimum atomic E-state index is -0.264. The monoisotopic (exact) mass is 420 g/mol. The number of nitrogens with zero attached hydrogens (tertiary/aromatic N) is 2. The quantitative estimate of drug-likeness (QED) is 0.748. The van der Waals surface area contributed by atoms with Crippen LogP contribution in [0.1, 0.15) is 35.4 Å². The molecule has 3 fully saturated rings. The number of halogens is 2. The molecule has 7 nitrogen and oxygen atoms in total.